The van der Waals surface area contributed by atoms with Crippen LogP contribution in [0.1, 0.15) is 40.2 Å². The topological polar surface area (TPSA) is 85.3 Å². The maximum absolute atomic E-state index is 12.5. The number of rotatable bonds is 6. The Labute approximate surface area is 175 Å². The molecular formula is C23H24N4O3. The molecule has 7 nitrogen and oxygen atoms in total. The lowest BCUT2D eigenvalue weighted by molar-refractivity contribution is -0.114. The number of carbonyl (C=O) groups excluding carboxylic acids is 2. The number of nitrogens with zero attached hydrogens (tertiary/aromatic N) is 2. The molecule has 2 amide bonds. The third-order valence-electron chi connectivity index (χ3n) is 4.97. The minimum absolute atomic E-state index is 0.149. The van der Waals surface area contributed by atoms with Crippen molar-refractivity contribution in [2.75, 3.05) is 18.5 Å². The van der Waals surface area contributed by atoms with E-state index in [1.165, 1.54) is 12.5 Å². The van der Waals surface area contributed by atoms with Gasteiger partial charge in [-0.05, 0) is 41.8 Å². The number of fused-ring (bicyclic) bond motifs is 1. The van der Waals surface area contributed by atoms with Crippen molar-refractivity contribution in [2.24, 2.45) is 0 Å². The number of ether oxygens (including phenoxy) is 1. The first-order chi connectivity index (χ1) is 14.6. The van der Waals surface area contributed by atoms with Gasteiger partial charge in [-0.2, -0.15) is 5.10 Å². The molecule has 3 aromatic rings. The predicted molar refractivity (Wildman–Crippen MR) is 113 cm³/mol. The van der Waals surface area contributed by atoms with E-state index in [4.69, 9.17) is 9.84 Å². The van der Waals surface area contributed by atoms with Gasteiger partial charge in [0.15, 0.2) is 0 Å². The van der Waals surface area contributed by atoms with Crippen LogP contribution in [-0.2, 0) is 22.5 Å². The lowest BCUT2D eigenvalue weighted by atomic mass is 10.1. The predicted octanol–water partition coefficient (Wildman–Crippen LogP) is 2.93. The highest BCUT2D eigenvalue weighted by atomic mass is 16.5. The minimum atomic E-state index is -0.270. The number of carbonyl (C=O) groups is 2. The molecule has 0 bridgehead atoms. The Morgan fingerprint density at radius 1 is 1.13 bits per heavy atom. The van der Waals surface area contributed by atoms with Gasteiger partial charge in [0.2, 0.25) is 5.91 Å². The summed E-state index contributed by atoms with van der Waals surface area (Å²) >= 11 is 0. The van der Waals surface area contributed by atoms with Crippen LogP contribution < -0.4 is 10.6 Å². The Morgan fingerprint density at radius 3 is 2.63 bits per heavy atom. The fourth-order valence-corrected chi connectivity index (χ4v) is 3.53. The molecule has 0 radical (unpaired) electrons. The summed E-state index contributed by atoms with van der Waals surface area (Å²) in [6, 6.07) is 17.0. The molecule has 30 heavy (non-hydrogen) atoms. The molecule has 0 fully saturated rings. The Bertz CT molecular complexity index is 1030. The SMILES string of the molecule is CC(=O)Nc1ccc(C(=O)NC[C@@H]2OCCc3cn(Cc4ccccc4)nc32)cc1. The maximum atomic E-state index is 12.5. The molecule has 1 aromatic heterocycles. The summed E-state index contributed by atoms with van der Waals surface area (Å²) in [4.78, 5) is 23.6. The summed E-state index contributed by atoms with van der Waals surface area (Å²) < 4.78 is 7.81. The van der Waals surface area contributed by atoms with E-state index in [0.29, 0.717) is 30.9 Å². The van der Waals surface area contributed by atoms with E-state index in [9.17, 15) is 9.59 Å². The molecule has 4 rings (SSSR count). The Kier molecular flexibility index (Phi) is 5.90. The summed E-state index contributed by atoms with van der Waals surface area (Å²) in [5.41, 5.74) is 4.42. The van der Waals surface area contributed by atoms with Crippen molar-refractivity contribution >= 4 is 17.5 Å². The zero-order chi connectivity index (χ0) is 20.9. The summed E-state index contributed by atoms with van der Waals surface area (Å²) in [5.74, 6) is -0.340. The molecule has 0 spiro atoms. The van der Waals surface area contributed by atoms with Gasteiger partial charge in [0.25, 0.3) is 5.91 Å². The van der Waals surface area contributed by atoms with Crippen molar-refractivity contribution in [1.82, 2.24) is 15.1 Å². The van der Waals surface area contributed by atoms with Crippen LogP contribution in [0.4, 0.5) is 5.69 Å². The van der Waals surface area contributed by atoms with Crippen LogP contribution in [-0.4, -0.2) is 34.7 Å². The zero-order valence-corrected chi connectivity index (χ0v) is 16.8. The Morgan fingerprint density at radius 2 is 1.90 bits per heavy atom. The van der Waals surface area contributed by atoms with E-state index in [-0.39, 0.29) is 17.9 Å². The quantitative estimate of drug-likeness (QED) is 0.662. The van der Waals surface area contributed by atoms with Crippen LogP contribution in [0.2, 0.25) is 0 Å². The van der Waals surface area contributed by atoms with Gasteiger partial charge in [0, 0.05) is 30.9 Å². The molecule has 2 heterocycles. The van der Waals surface area contributed by atoms with Crippen molar-refractivity contribution in [3.63, 3.8) is 0 Å². The molecule has 2 aromatic carbocycles. The summed E-state index contributed by atoms with van der Waals surface area (Å²) in [6.45, 7) is 3.10. The van der Waals surface area contributed by atoms with Gasteiger partial charge in [0.05, 0.1) is 18.8 Å². The lowest BCUT2D eigenvalue weighted by Gasteiger charge is -2.22. The smallest absolute Gasteiger partial charge is 0.251 e. The summed E-state index contributed by atoms with van der Waals surface area (Å²) in [7, 11) is 0. The molecular weight excluding hydrogens is 380 g/mol. The van der Waals surface area contributed by atoms with E-state index in [0.717, 1.165) is 17.7 Å². The minimum Gasteiger partial charge on any atom is -0.370 e. The number of benzene rings is 2. The van der Waals surface area contributed by atoms with Gasteiger partial charge < -0.3 is 15.4 Å². The highest BCUT2D eigenvalue weighted by Crippen LogP contribution is 2.25. The molecule has 1 atom stereocenters. The number of hydrogen-bond donors (Lipinski definition) is 2. The molecule has 0 aliphatic carbocycles. The maximum Gasteiger partial charge on any atom is 0.251 e. The largest absolute Gasteiger partial charge is 0.370 e. The average molecular weight is 404 g/mol. The van der Waals surface area contributed by atoms with Gasteiger partial charge in [-0.1, -0.05) is 30.3 Å². The van der Waals surface area contributed by atoms with Gasteiger partial charge in [-0.25, -0.2) is 0 Å². The fourth-order valence-electron chi connectivity index (χ4n) is 3.53. The first-order valence-electron chi connectivity index (χ1n) is 9.96. The molecule has 0 saturated heterocycles. The van der Waals surface area contributed by atoms with Crippen LogP contribution in [0.3, 0.4) is 0 Å². The van der Waals surface area contributed by atoms with Crippen LogP contribution >= 0.6 is 0 Å². The molecule has 154 valence electrons. The van der Waals surface area contributed by atoms with Crippen molar-refractivity contribution in [2.45, 2.75) is 26.0 Å². The van der Waals surface area contributed by atoms with E-state index in [2.05, 4.69) is 29.0 Å². The van der Waals surface area contributed by atoms with Gasteiger partial charge in [0.1, 0.15) is 6.10 Å². The molecule has 1 aliphatic heterocycles. The number of aromatic nitrogens is 2. The Balaban J connectivity index is 1.39. The molecule has 0 unspecified atom stereocenters. The second kappa shape index (κ2) is 8.92. The Hall–Kier alpha value is -3.45. The fraction of sp³-hybridized carbons (Fsp3) is 0.261. The average Bonchev–Trinajstić information content (AvgIpc) is 3.16. The zero-order valence-electron chi connectivity index (χ0n) is 16.8. The molecule has 2 N–H and O–H groups in total. The van der Waals surface area contributed by atoms with Crippen LogP contribution in [0, 0.1) is 0 Å². The normalized spacial score (nSPS) is 15.3. The van der Waals surface area contributed by atoms with E-state index >= 15 is 0 Å². The highest BCUT2D eigenvalue weighted by Gasteiger charge is 2.25. The van der Waals surface area contributed by atoms with Crippen LogP contribution in [0.5, 0.6) is 0 Å². The summed E-state index contributed by atoms with van der Waals surface area (Å²) in [5, 5.41) is 10.3. The first kappa shape index (κ1) is 19.8. The number of hydrogen-bond acceptors (Lipinski definition) is 4. The number of nitrogens with one attached hydrogen (secondary N) is 2. The van der Waals surface area contributed by atoms with Gasteiger partial charge in [-0.3, -0.25) is 14.3 Å². The monoisotopic (exact) mass is 404 g/mol. The highest BCUT2D eigenvalue weighted by molar-refractivity contribution is 5.95. The van der Waals surface area contributed by atoms with Gasteiger partial charge in [-0.15, -0.1) is 0 Å². The molecule has 1 aliphatic rings. The van der Waals surface area contributed by atoms with E-state index in [1.807, 2.05) is 22.9 Å². The third-order valence-corrected chi connectivity index (χ3v) is 4.97. The van der Waals surface area contributed by atoms with Crippen molar-refractivity contribution < 1.29 is 14.3 Å². The number of anilines is 1. The number of amides is 2. The third kappa shape index (κ3) is 4.75. The second-order valence-electron chi connectivity index (χ2n) is 7.30. The summed E-state index contributed by atoms with van der Waals surface area (Å²) in [6.07, 6.45) is 2.62. The molecule has 0 saturated carbocycles. The van der Waals surface area contributed by atoms with Crippen molar-refractivity contribution in [3.8, 4) is 0 Å². The van der Waals surface area contributed by atoms with Crippen LogP contribution in [0.25, 0.3) is 0 Å². The second-order valence-corrected chi connectivity index (χ2v) is 7.30. The standard InChI is InChI=1S/C23H24N4O3/c1-16(28)25-20-9-7-18(8-10-20)23(29)24-13-21-22-19(11-12-30-21)15-27(26-22)14-17-5-3-2-4-6-17/h2-10,15,21H,11-14H2,1H3,(H,24,29)(H,25,28)/t21-/m0/s1. The van der Waals surface area contributed by atoms with Crippen molar-refractivity contribution in [3.05, 3.63) is 83.2 Å². The van der Waals surface area contributed by atoms with Crippen LogP contribution in [0.15, 0.2) is 60.8 Å². The van der Waals surface area contributed by atoms with E-state index in [1.54, 1.807) is 24.3 Å². The lowest BCUT2D eigenvalue weighted by Crippen LogP contribution is -2.31. The molecule has 7 heteroatoms. The first-order valence-corrected chi connectivity index (χ1v) is 9.96. The van der Waals surface area contributed by atoms with Crippen molar-refractivity contribution in [1.29, 1.82) is 0 Å². The van der Waals surface area contributed by atoms with E-state index < -0.39 is 0 Å². The van der Waals surface area contributed by atoms with Gasteiger partial charge >= 0.3 is 0 Å².